The molecule has 43 heavy (non-hydrogen) atoms. The Morgan fingerprint density at radius 2 is 1.58 bits per heavy atom. The highest BCUT2D eigenvalue weighted by Gasteiger charge is 2.30. The third-order valence-electron chi connectivity index (χ3n) is 6.95. The summed E-state index contributed by atoms with van der Waals surface area (Å²) in [6, 6.07) is 23.6. The maximum absolute atomic E-state index is 14.0. The molecule has 3 rings (SSSR count). The first-order chi connectivity index (χ1) is 20.6. The summed E-state index contributed by atoms with van der Waals surface area (Å²) in [6.45, 7) is 5.15. The molecule has 3 aromatic carbocycles. The molecule has 0 heterocycles. The Morgan fingerprint density at radius 3 is 2.23 bits per heavy atom. The minimum atomic E-state index is -3.65. The average molecular weight is 673 g/mol. The highest BCUT2D eigenvalue weighted by atomic mass is 79.9. The van der Waals surface area contributed by atoms with E-state index in [1.165, 1.54) is 4.31 Å². The summed E-state index contributed by atoms with van der Waals surface area (Å²) in [5.41, 5.74) is 2.27. The Morgan fingerprint density at radius 1 is 0.907 bits per heavy atom. The van der Waals surface area contributed by atoms with E-state index in [4.69, 9.17) is 4.74 Å². The molecule has 1 N–H and O–H groups in total. The molecule has 3 aromatic rings. The van der Waals surface area contributed by atoms with Gasteiger partial charge >= 0.3 is 0 Å². The molecule has 0 aliphatic carbocycles. The van der Waals surface area contributed by atoms with Gasteiger partial charge in [0.15, 0.2) is 0 Å². The van der Waals surface area contributed by atoms with Crippen LogP contribution in [0.3, 0.4) is 0 Å². The number of nitrogens with one attached hydrogen (secondary N) is 1. The Bertz CT molecular complexity index is 1420. The largest absolute Gasteiger partial charge is 0.492 e. The number of hydrogen-bond donors (Lipinski definition) is 1. The van der Waals surface area contributed by atoms with Crippen LogP contribution >= 0.6 is 15.9 Å². The second-order valence-electron chi connectivity index (χ2n) is 10.3. The summed E-state index contributed by atoms with van der Waals surface area (Å²) in [4.78, 5) is 29.2. The molecule has 0 saturated carbocycles. The van der Waals surface area contributed by atoms with Crippen LogP contribution in [-0.2, 0) is 32.6 Å². The summed E-state index contributed by atoms with van der Waals surface area (Å²) in [7, 11) is -3.65. The van der Waals surface area contributed by atoms with Gasteiger partial charge in [0, 0.05) is 36.9 Å². The standard InChI is InChI=1S/C33H42BrN3O5S/c1-4-6-22-35-33(39)30(24-26-13-8-7-9-14-26)36(25-27-18-20-28(34)21-19-27)32(38)17-12-23-37(43(3,40)41)29-15-10-11-16-31(29)42-5-2/h7-11,13-16,18-21,30H,4-6,12,17,22-25H2,1-3H3,(H,35,39)/t30-/m0/s1. The van der Waals surface area contributed by atoms with Gasteiger partial charge in [0.05, 0.1) is 18.6 Å². The van der Waals surface area contributed by atoms with Crippen molar-refractivity contribution in [1.29, 1.82) is 0 Å². The number of amides is 2. The third kappa shape index (κ3) is 10.7. The molecule has 0 spiro atoms. The molecule has 2 amide bonds. The highest BCUT2D eigenvalue weighted by molar-refractivity contribution is 9.10. The first kappa shape index (κ1) is 34.1. The number of rotatable bonds is 17. The number of unbranched alkanes of at least 4 members (excludes halogenated alkanes) is 1. The van der Waals surface area contributed by atoms with Gasteiger partial charge in [0.1, 0.15) is 11.8 Å². The number of hydrogen-bond acceptors (Lipinski definition) is 5. The lowest BCUT2D eigenvalue weighted by atomic mass is 10.0. The van der Waals surface area contributed by atoms with Crippen LogP contribution in [0.2, 0.25) is 0 Å². The van der Waals surface area contributed by atoms with Gasteiger partial charge in [-0.3, -0.25) is 13.9 Å². The fourth-order valence-electron chi connectivity index (χ4n) is 4.77. The Labute approximate surface area is 264 Å². The number of benzene rings is 3. The van der Waals surface area contributed by atoms with E-state index in [9.17, 15) is 18.0 Å². The molecule has 0 bridgehead atoms. The topological polar surface area (TPSA) is 96.0 Å². The van der Waals surface area contributed by atoms with Crippen LogP contribution in [0.1, 0.15) is 50.7 Å². The summed E-state index contributed by atoms with van der Waals surface area (Å²) in [5.74, 6) is 0.0393. The number of sulfonamides is 1. The van der Waals surface area contributed by atoms with E-state index in [0.717, 1.165) is 34.7 Å². The van der Waals surface area contributed by atoms with Crippen molar-refractivity contribution in [3.63, 3.8) is 0 Å². The number of carbonyl (C=O) groups is 2. The normalized spacial score (nSPS) is 11.9. The van der Waals surface area contributed by atoms with E-state index in [1.807, 2.05) is 61.5 Å². The zero-order chi connectivity index (χ0) is 31.2. The predicted octanol–water partition coefficient (Wildman–Crippen LogP) is 5.95. The zero-order valence-electron chi connectivity index (χ0n) is 25.2. The molecule has 8 nitrogen and oxygen atoms in total. The van der Waals surface area contributed by atoms with Crippen molar-refractivity contribution in [2.45, 2.75) is 58.5 Å². The molecule has 0 aliphatic heterocycles. The molecule has 1 atom stereocenters. The maximum atomic E-state index is 14.0. The minimum absolute atomic E-state index is 0.0624. The molecule has 10 heteroatoms. The van der Waals surface area contributed by atoms with Gasteiger partial charge in [-0.15, -0.1) is 0 Å². The van der Waals surface area contributed by atoms with Crippen LogP contribution in [0.4, 0.5) is 5.69 Å². The summed E-state index contributed by atoms with van der Waals surface area (Å²) in [6.07, 6.45) is 3.61. The molecular weight excluding hydrogens is 630 g/mol. The van der Waals surface area contributed by atoms with Crippen LogP contribution in [0.5, 0.6) is 5.75 Å². The van der Waals surface area contributed by atoms with Crippen molar-refractivity contribution in [3.8, 4) is 5.75 Å². The molecular formula is C33H42BrN3O5S. The molecule has 0 saturated heterocycles. The van der Waals surface area contributed by atoms with E-state index in [-0.39, 0.29) is 37.7 Å². The SMILES string of the molecule is CCCCNC(=O)[C@H](Cc1ccccc1)N(Cc1ccc(Br)cc1)C(=O)CCCN(c1ccccc1OCC)S(C)(=O)=O. The molecule has 0 aliphatic rings. The lowest BCUT2D eigenvalue weighted by molar-refractivity contribution is -0.141. The quantitative estimate of drug-likeness (QED) is 0.179. The zero-order valence-corrected chi connectivity index (χ0v) is 27.6. The van der Waals surface area contributed by atoms with Crippen molar-refractivity contribution in [2.24, 2.45) is 0 Å². The minimum Gasteiger partial charge on any atom is -0.492 e. The smallest absolute Gasteiger partial charge is 0.243 e. The van der Waals surface area contributed by atoms with Crippen LogP contribution in [-0.4, -0.2) is 57.1 Å². The first-order valence-corrected chi connectivity index (χ1v) is 17.3. The fourth-order valence-corrected chi connectivity index (χ4v) is 6.00. The van der Waals surface area contributed by atoms with Crippen LogP contribution in [0.25, 0.3) is 0 Å². The second-order valence-corrected chi connectivity index (χ2v) is 13.2. The average Bonchev–Trinajstić information content (AvgIpc) is 2.98. The summed E-state index contributed by atoms with van der Waals surface area (Å²) < 4.78 is 33.5. The number of carbonyl (C=O) groups excluding carboxylic acids is 2. The van der Waals surface area contributed by atoms with E-state index in [1.54, 1.807) is 29.2 Å². The number of para-hydroxylation sites is 2. The molecule has 0 fully saturated rings. The number of nitrogens with zero attached hydrogens (tertiary/aromatic N) is 2. The summed E-state index contributed by atoms with van der Waals surface area (Å²) >= 11 is 3.46. The second kappa shape index (κ2) is 17.1. The van der Waals surface area contributed by atoms with Crippen molar-refractivity contribution in [3.05, 3.63) is 94.5 Å². The van der Waals surface area contributed by atoms with Crippen LogP contribution in [0, 0.1) is 0 Å². The van der Waals surface area contributed by atoms with Gasteiger partial charge in [-0.1, -0.05) is 83.9 Å². The van der Waals surface area contributed by atoms with Gasteiger partial charge in [-0.2, -0.15) is 0 Å². The lowest BCUT2D eigenvalue weighted by Crippen LogP contribution is -2.50. The van der Waals surface area contributed by atoms with Gasteiger partial charge < -0.3 is 15.0 Å². The van der Waals surface area contributed by atoms with Gasteiger partial charge in [-0.05, 0) is 55.2 Å². The molecule has 0 radical (unpaired) electrons. The Balaban J connectivity index is 1.88. The van der Waals surface area contributed by atoms with Gasteiger partial charge in [0.2, 0.25) is 21.8 Å². The number of ether oxygens (including phenoxy) is 1. The van der Waals surface area contributed by atoms with Crippen molar-refractivity contribution >= 4 is 43.5 Å². The van der Waals surface area contributed by atoms with Gasteiger partial charge in [-0.25, -0.2) is 8.42 Å². The fraction of sp³-hybridized carbons (Fsp3) is 0.394. The lowest BCUT2D eigenvalue weighted by Gasteiger charge is -2.32. The van der Waals surface area contributed by atoms with Crippen LogP contribution in [0.15, 0.2) is 83.3 Å². The highest BCUT2D eigenvalue weighted by Crippen LogP contribution is 2.30. The van der Waals surface area contributed by atoms with Gasteiger partial charge in [0.25, 0.3) is 0 Å². The van der Waals surface area contributed by atoms with E-state index in [2.05, 4.69) is 28.2 Å². The number of anilines is 1. The van der Waals surface area contributed by atoms with E-state index < -0.39 is 16.1 Å². The first-order valence-electron chi connectivity index (χ1n) is 14.7. The van der Waals surface area contributed by atoms with Crippen molar-refractivity contribution in [1.82, 2.24) is 10.2 Å². The van der Waals surface area contributed by atoms with Crippen molar-refractivity contribution < 1.29 is 22.7 Å². The Hall–Kier alpha value is -3.37. The van der Waals surface area contributed by atoms with Crippen LogP contribution < -0.4 is 14.4 Å². The maximum Gasteiger partial charge on any atom is 0.243 e. The molecule has 232 valence electrons. The predicted molar refractivity (Wildman–Crippen MR) is 176 cm³/mol. The van der Waals surface area contributed by atoms with E-state index >= 15 is 0 Å². The third-order valence-corrected chi connectivity index (χ3v) is 8.66. The summed E-state index contributed by atoms with van der Waals surface area (Å²) in [5, 5.41) is 3.03. The van der Waals surface area contributed by atoms with Crippen molar-refractivity contribution in [2.75, 3.05) is 30.3 Å². The molecule has 0 unspecified atom stereocenters. The number of halogens is 1. The van der Waals surface area contributed by atoms with E-state index in [0.29, 0.717) is 31.0 Å². The Kier molecular flexibility index (Phi) is 13.5. The monoisotopic (exact) mass is 671 g/mol. The molecule has 0 aromatic heterocycles.